The second-order valence-corrected chi connectivity index (χ2v) is 0.918. The molecule has 5 heteroatoms. The van der Waals surface area contributed by atoms with Crippen molar-refractivity contribution in [2.24, 2.45) is 0 Å². The van der Waals surface area contributed by atoms with Crippen molar-refractivity contribution in [2.75, 3.05) is 6.79 Å². The van der Waals surface area contributed by atoms with Crippen LogP contribution < -0.4 is 0 Å². The summed E-state index contributed by atoms with van der Waals surface area (Å²) in [6, 6.07) is 0. The van der Waals surface area contributed by atoms with Gasteiger partial charge in [-0.2, -0.15) is 0 Å². The van der Waals surface area contributed by atoms with Crippen LogP contribution in [0.25, 0.3) is 0 Å². The van der Waals surface area contributed by atoms with E-state index in [2.05, 4.69) is 4.52 Å². The average Bonchev–Trinajstić information content (AvgIpc) is 1.41. The van der Waals surface area contributed by atoms with Crippen molar-refractivity contribution in [3.63, 3.8) is 0 Å². The van der Waals surface area contributed by atoms with Crippen molar-refractivity contribution in [3.8, 4) is 0 Å². The molecular weight excluding hydrogens is 114 g/mol. The van der Waals surface area contributed by atoms with Gasteiger partial charge >= 0.3 is 29.6 Å². The van der Waals surface area contributed by atoms with Gasteiger partial charge in [0, 0.05) is 0 Å². The molecule has 0 saturated heterocycles. The topological polar surface area (TPSA) is 46.5 Å². The molecule has 0 rings (SSSR count). The first-order valence-corrected chi connectivity index (χ1v) is 2.02. The fourth-order valence-electron chi connectivity index (χ4n) is 0.0304. The summed E-state index contributed by atoms with van der Waals surface area (Å²) in [7, 11) is -1.21. The Morgan fingerprint density at radius 3 is 2.33 bits per heavy atom. The van der Waals surface area contributed by atoms with E-state index in [1.807, 2.05) is 0 Å². The fraction of sp³-hybridized carbons (Fsp3) is 1.00. The van der Waals surface area contributed by atoms with Crippen molar-refractivity contribution < 1.29 is 14.2 Å². The van der Waals surface area contributed by atoms with Crippen LogP contribution in [0, 0.1) is 0 Å². The van der Waals surface area contributed by atoms with E-state index in [-0.39, 0.29) is 29.6 Å². The zero-order valence-corrected chi connectivity index (χ0v) is 3.70. The Bertz CT molecular complexity index is 32.0. The third kappa shape index (κ3) is 8.94. The molecule has 6 heavy (non-hydrogen) atoms. The summed E-state index contributed by atoms with van der Waals surface area (Å²) in [5.74, 6) is 0. The second kappa shape index (κ2) is 9.47. The van der Waals surface area contributed by atoms with Crippen LogP contribution in [-0.2, 0) is 9.09 Å². The summed E-state index contributed by atoms with van der Waals surface area (Å²) in [4.78, 5) is 0. The van der Waals surface area contributed by atoms with Gasteiger partial charge in [-0.15, -0.1) is 0 Å². The molecule has 34 valence electrons. The fourth-order valence-corrected chi connectivity index (χ4v) is 0.0913. The third-order valence-electron chi connectivity index (χ3n) is 0.143. The van der Waals surface area contributed by atoms with E-state index in [4.69, 9.17) is 5.11 Å². The Hall–Kier alpha value is 1.15. The predicted octanol–water partition coefficient (Wildman–Crippen LogP) is -1.02. The molecular formula is CH6NaO3P. The molecule has 1 atom stereocenters. The molecule has 0 aliphatic rings. The Morgan fingerprint density at radius 1 is 1.83 bits per heavy atom. The van der Waals surface area contributed by atoms with Crippen LogP contribution in [0.3, 0.4) is 0 Å². The Kier molecular flexibility index (Phi) is 16.1. The van der Waals surface area contributed by atoms with Gasteiger partial charge in [0.15, 0.2) is 8.69 Å². The zero-order chi connectivity index (χ0) is 4.12. The van der Waals surface area contributed by atoms with Gasteiger partial charge in [-0.1, -0.05) is 0 Å². The molecule has 0 heterocycles. The molecule has 0 aliphatic heterocycles. The molecule has 0 spiro atoms. The Balaban J connectivity index is 0. The summed E-state index contributed by atoms with van der Waals surface area (Å²) in [5.41, 5.74) is 0. The van der Waals surface area contributed by atoms with E-state index in [9.17, 15) is 4.57 Å². The van der Waals surface area contributed by atoms with E-state index in [0.29, 0.717) is 0 Å². The zero-order valence-electron chi connectivity index (χ0n) is 2.55. The predicted molar refractivity (Wildman–Crippen MR) is 25.7 cm³/mol. The molecule has 0 amide bonds. The standard InChI is InChI=1S/CH5O3P.Na.H/c2-1-4-5-3;;/h2H,1,5H2;;. The van der Waals surface area contributed by atoms with Crippen molar-refractivity contribution in [3.05, 3.63) is 0 Å². The van der Waals surface area contributed by atoms with Gasteiger partial charge < -0.3 is 9.63 Å². The average molecular weight is 120 g/mol. The number of hydrogen-bond acceptors (Lipinski definition) is 3. The molecule has 1 unspecified atom stereocenters. The minimum absolute atomic E-state index is 0. The minimum atomic E-state index is -1.21. The summed E-state index contributed by atoms with van der Waals surface area (Å²) in [5, 5.41) is 7.66. The molecule has 0 aliphatic carbocycles. The van der Waals surface area contributed by atoms with Crippen LogP contribution >= 0.6 is 8.69 Å². The number of hydrogen-bond donors (Lipinski definition) is 1. The molecule has 0 radical (unpaired) electrons. The number of aliphatic hydroxyl groups is 1. The molecule has 0 bridgehead atoms. The van der Waals surface area contributed by atoms with Crippen LogP contribution in [0.4, 0.5) is 0 Å². The van der Waals surface area contributed by atoms with Gasteiger partial charge in [-0.05, 0) is 0 Å². The Labute approximate surface area is 59.3 Å². The summed E-state index contributed by atoms with van der Waals surface area (Å²) < 4.78 is 13.1. The van der Waals surface area contributed by atoms with Gasteiger partial charge in [0.05, 0.1) is 0 Å². The number of rotatable bonds is 2. The molecule has 3 nitrogen and oxygen atoms in total. The monoisotopic (exact) mass is 120 g/mol. The molecule has 0 aromatic carbocycles. The SMILES string of the molecule is O=[PH2]OCO.[NaH]. The summed E-state index contributed by atoms with van der Waals surface area (Å²) >= 11 is 0. The van der Waals surface area contributed by atoms with Crippen LogP contribution in [0.1, 0.15) is 0 Å². The quantitative estimate of drug-likeness (QED) is 0.288. The molecule has 1 N–H and O–H groups in total. The molecule has 0 aromatic heterocycles. The van der Waals surface area contributed by atoms with Crippen molar-refractivity contribution in [2.45, 2.75) is 0 Å². The van der Waals surface area contributed by atoms with Crippen LogP contribution in [0.15, 0.2) is 0 Å². The van der Waals surface area contributed by atoms with E-state index >= 15 is 0 Å². The molecule has 0 saturated carbocycles. The Morgan fingerprint density at radius 2 is 2.33 bits per heavy atom. The van der Waals surface area contributed by atoms with Gasteiger partial charge in [0.2, 0.25) is 0 Å². The van der Waals surface area contributed by atoms with Crippen LogP contribution in [-0.4, -0.2) is 41.5 Å². The maximum absolute atomic E-state index is 9.23. The van der Waals surface area contributed by atoms with Crippen molar-refractivity contribution >= 4 is 38.2 Å². The molecule has 0 fully saturated rings. The molecule has 0 aromatic rings. The van der Waals surface area contributed by atoms with E-state index < -0.39 is 15.5 Å². The summed E-state index contributed by atoms with van der Waals surface area (Å²) in [6.07, 6.45) is 0. The first kappa shape index (κ1) is 10.2. The van der Waals surface area contributed by atoms with Crippen LogP contribution in [0.2, 0.25) is 0 Å². The third-order valence-corrected chi connectivity index (χ3v) is 0.428. The van der Waals surface area contributed by atoms with E-state index in [1.165, 1.54) is 0 Å². The van der Waals surface area contributed by atoms with Crippen molar-refractivity contribution in [1.82, 2.24) is 0 Å². The van der Waals surface area contributed by atoms with Gasteiger partial charge in [-0.3, -0.25) is 4.57 Å². The second-order valence-electron chi connectivity index (χ2n) is 0.392. The van der Waals surface area contributed by atoms with E-state index in [0.717, 1.165) is 0 Å². The normalized spacial score (nSPS) is 8.83. The first-order valence-electron chi connectivity index (χ1n) is 1.08. The van der Waals surface area contributed by atoms with Gasteiger partial charge in [0.25, 0.3) is 0 Å². The summed E-state index contributed by atoms with van der Waals surface area (Å²) in [6.45, 7) is -0.432. The van der Waals surface area contributed by atoms with Gasteiger partial charge in [0.1, 0.15) is 6.79 Å². The first-order chi connectivity index (χ1) is 2.41. The van der Waals surface area contributed by atoms with Crippen LogP contribution in [0.5, 0.6) is 0 Å². The maximum atomic E-state index is 9.23. The number of aliphatic hydroxyl groups excluding tert-OH is 1. The van der Waals surface area contributed by atoms with E-state index in [1.54, 1.807) is 0 Å². The van der Waals surface area contributed by atoms with Crippen molar-refractivity contribution in [1.29, 1.82) is 0 Å². The van der Waals surface area contributed by atoms with Gasteiger partial charge in [-0.25, -0.2) is 0 Å².